The van der Waals surface area contributed by atoms with Crippen LogP contribution in [-0.4, -0.2) is 31.0 Å². The molecule has 0 spiro atoms. The molecular formula is C10H19NO2Si. The van der Waals surface area contributed by atoms with E-state index in [1.54, 1.807) is 0 Å². The van der Waals surface area contributed by atoms with Crippen LogP contribution in [0.25, 0.3) is 0 Å². The molecule has 0 N–H and O–H groups in total. The average Bonchev–Trinajstić information content (AvgIpc) is 2.40. The molecule has 14 heavy (non-hydrogen) atoms. The maximum atomic E-state index is 11.0. The summed E-state index contributed by atoms with van der Waals surface area (Å²) in [7, 11) is -1.27. The lowest BCUT2D eigenvalue weighted by atomic mass is 10.0. The molecule has 0 aliphatic carbocycles. The number of hydrogen-bond acceptors (Lipinski definition) is 3. The fraction of sp³-hybridized carbons (Fsp3) is 0.900. The summed E-state index contributed by atoms with van der Waals surface area (Å²) in [4.78, 5) is 11.0. The summed E-state index contributed by atoms with van der Waals surface area (Å²) in [5.74, 6) is -0.0245. The maximum Gasteiger partial charge on any atom is 0.313 e. The normalized spacial score (nSPS) is 36.6. The van der Waals surface area contributed by atoms with Gasteiger partial charge in [0.25, 0.3) is 0 Å². The predicted octanol–water partition coefficient (Wildman–Crippen LogP) is 1.95. The number of rotatable bonds is 2. The van der Waals surface area contributed by atoms with Gasteiger partial charge in [-0.25, -0.2) is 0 Å². The van der Waals surface area contributed by atoms with E-state index >= 15 is 0 Å². The monoisotopic (exact) mass is 213 g/mol. The number of nitrogens with zero attached hydrogens (tertiary/aromatic N) is 1. The van der Waals surface area contributed by atoms with Crippen molar-refractivity contribution in [3.05, 3.63) is 0 Å². The molecule has 0 amide bonds. The van der Waals surface area contributed by atoms with Gasteiger partial charge < -0.3 is 4.74 Å². The molecule has 2 aliphatic rings. The Morgan fingerprint density at radius 2 is 2.21 bits per heavy atom. The van der Waals surface area contributed by atoms with Gasteiger partial charge in [0, 0.05) is 0 Å². The second-order valence-electron chi connectivity index (χ2n) is 5.02. The van der Waals surface area contributed by atoms with Crippen molar-refractivity contribution < 1.29 is 9.53 Å². The highest BCUT2D eigenvalue weighted by Gasteiger charge is 2.55. The number of cyclic esters (lactones) is 1. The van der Waals surface area contributed by atoms with Gasteiger partial charge in [-0.3, -0.25) is 9.36 Å². The lowest BCUT2D eigenvalue weighted by Gasteiger charge is -2.51. The molecule has 1 unspecified atom stereocenters. The standard InChI is InChI=1S/C10H19NO2Si/c1-4-10(8-9(12)13-10)11-6-5-7-14(11,2)3/h4-8H2,1-3H3. The van der Waals surface area contributed by atoms with Gasteiger partial charge in [0.05, 0.1) is 6.42 Å². The molecule has 2 rings (SSSR count). The molecule has 2 fully saturated rings. The third kappa shape index (κ3) is 1.32. The summed E-state index contributed by atoms with van der Waals surface area (Å²) in [6.45, 7) is 8.00. The van der Waals surface area contributed by atoms with E-state index in [0.717, 1.165) is 13.0 Å². The number of carbonyl (C=O) groups excluding carboxylic acids is 1. The van der Waals surface area contributed by atoms with Crippen LogP contribution in [0.3, 0.4) is 0 Å². The second-order valence-corrected chi connectivity index (χ2v) is 9.68. The first-order valence-electron chi connectivity index (χ1n) is 5.50. The molecule has 2 heterocycles. The average molecular weight is 213 g/mol. The summed E-state index contributed by atoms with van der Waals surface area (Å²) in [5.41, 5.74) is -0.205. The summed E-state index contributed by atoms with van der Waals surface area (Å²) in [6, 6.07) is 1.34. The van der Waals surface area contributed by atoms with Gasteiger partial charge in [-0.15, -0.1) is 0 Å². The van der Waals surface area contributed by atoms with Gasteiger partial charge in [-0.2, -0.15) is 0 Å². The second kappa shape index (κ2) is 3.07. The number of esters is 1. The van der Waals surface area contributed by atoms with Crippen LogP contribution in [0.15, 0.2) is 0 Å². The predicted molar refractivity (Wildman–Crippen MR) is 57.3 cm³/mol. The van der Waals surface area contributed by atoms with Crippen LogP contribution in [0.5, 0.6) is 0 Å². The van der Waals surface area contributed by atoms with Gasteiger partial charge >= 0.3 is 5.97 Å². The molecule has 3 nitrogen and oxygen atoms in total. The topological polar surface area (TPSA) is 29.5 Å². The lowest BCUT2D eigenvalue weighted by Crippen LogP contribution is -2.65. The third-order valence-electron chi connectivity index (χ3n) is 3.67. The SMILES string of the molecule is CCC1(N2CCC[Si]2(C)C)CC(=O)O1. The largest absolute Gasteiger partial charge is 0.444 e. The first kappa shape index (κ1) is 10.2. The fourth-order valence-electron chi connectivity index (χ4n) is 2.83. The van der Waals surface area contributed by atoms with Crippen molar-refractivity contribution in [3.63, 3.8) is 0 Å². The zero-order valence-electron chi connectivity index (χ0n) is 9.30. The highest BCUT2D eigenvalue weighted by Crippen LogP contribution is 2.42. The molecule has 0 radical (unpaired) electrons. The Bertz CT molecular complexity index is 257. The molecule has 1 atom stereocenters. The summed E-state index contributed by atoms with van der Waals surface area (Å²) in [5, 5.41) is 0. The lowest BCUT2D eigenvalue weighted by molar-refractivity contribution is -0.217. The van der Waals surface area contributed by atoms with Crippen molar-refractivity contribution in [2.45, 2.75) is 51.0 Å². The Hall–Kier alpha value is -0.353. The minimum Gasteiger partial charge on any atom is -0.444 e. The van der Waals surface area contributed by atoms with E-state index in [9.17, 15) is 4.79 Å². The van der Waals surface area contributed by atoms with Gasteiger partial charge in [0.15, 0.2) is 5.72 Å². The molecule has 0 bridgehead atoms. The fourth-order valence-corrected chi connectivity index (χ4v) is 6.27. The van der Waals surface area contributed by atoms with Gasteiger partial charge in [0.2, 0.25) is 0 Å². The van der Waals surface area contributed by atoms with Gasteiger partial charge in [0.1, 0.15) is 8.24 Å². The summed E-state index contributed by atoms with van der Waals surface area (Å²) >= 11 is 0. The highest BCUT2D eigenvalue weighted by atomic mass is 28.3. The molecule has 2 saturated heterocycles. The zero-order chi connectivity index (χ0) is 10.4. The van der Waals surface area contributed by atoms with Crippen LogP contribution in [0.4, 0.5) is 0 Å². The van der Waals surface area contributed by atoms with Crippen LogP contribution in [0.1, 0.15) is 26.2 Å². The van der Waals surface area contributed by atoms with Crippen molar-refractivity contribution in [3.8, 4) is 0 Å². The summed E-state index contributed by atoms with van der Waals surface area (Å²) < 4.78 is 7.93. The van der Waals surface area contributed by atoms with Gasteiger partial charge in [-0.05, 0) is 25.4 Å². The van der Waals surface area contributed by atoms with E-state index in [1.807, 2.05) is 0 Å². The molecular weight excluding hydrogens is 194 g/mol. The summed E-state index contributed by atoms with van der Waals surface area (Å²) in [6.07, 6.45) is 2.83. The van der Waals surface area contributed by atoms with Crippen LogP contribution in [0, 0.1) is 0 Å². The maximum absolute atomic E-state index is 11.0. The van der Waals surface area contributed by atoms with E-state index in [4.69, 9.17) is 4.74 Å². The molecule has 0 aromatic heterocycles. The Morgan fingerprint density at radius 3 is 2.57 bits per heavy atom. The van der Waals surface area contributed by atoms with E-state index in [-0.39, 0.29) is 11.7 Å². The molecule has 0 aromatic carbocycles. The zero-order valence-corrected chi connectivity index (χ0v) is 10.3. The third-order valence-corrected chi connectivity index (χ3v) is 7.34. The number of carbonyl (C=O) groups is 1. The quantitative estimate of drug-likeness (QED) is 0.519. The van der Waals surface area contributed by atoms with Crippen LogP contribution < -0.4 is 0 Å². The van der Waals surface area contributed by atoms with E-state index in [0.29, 0.717) is 6.42 Å². The molecule has 4 heteroatoms. The van der Waals surface area contributed by atoms with Crippen LogP contribution >= 0.6 is 0 Å². The van der Waals surface area contributed by atoms with Crippen LogP contribution in [-0.2, 0) is 9.53 Å². The first-order valence-corrected chi connectivity index (χ1v) is 8.65. The van der Waals surface area contributed by atoms with Gasteiger partial charge in [-0.1, -0.05) is 20.0 Å². The van der Waals surface area contributed by atoms with Crippen molar-refractivity contribution in [1.82, 2.24) is 4.57 Å². The Kier molecular flexibility index (Phi) is 2.23. The number of ether oxygens (including phenoxy) is 1. The minimum atomic E-state index is -1.27. The Balaban J connectivity index is 2.17. The Morgan fingerprint density at radius 1 is 1.57 bits per heavy atom. The van der Waals surface area contributed by atoms with E-state index in [1.165, 1.54) is 12.5 Å². The highest BCUT2D eigenvalue weighted by molar-refractivity contribution is 6.75. The van der Waals surface area contributed by atoms with Crippen molar-refractivity contribution >= 4 is 14.2 Å². The van der Waals surface area contributed by atoms with E-state index in [2.05, 4.69) is 24.6 Å². The minimum absolute atomic E-state index is 0.0245. The first-order chi connectivity index (χ1) is 6.50. The molecule has 2 aliphatic heterocycles. The molecule has 80 valence electrons. The van der Waals surface area contributed by atoms with E-state index < -0.39 is 8.24 Å². The molecule has 0 aromatic rings. The number of hydrogen-bond donors (Lipinski definition) is 0. The van der Waals surface area contributed by atoms with Crippen molar-refractivity contribution in [2.75, 3.05) is 6.54 Å². The molecule has 0 saturated carbocycles. The van der Waals surface area contributed by atoms with Crippen LogP contribution in [0.2, 0.25) is 19.1 Å². The van der Waals surface area contributed by atoms with Crippen molar-refractivity contribution in [2.24, 2.45) is 0 Å². The Labute approximate surface area is 86.5 Å². The van der Waals surface area contributed by atoms with Crippen molar-refractivity contribution in [1.29, 1.82) is 0 Å². The smallest absolute Gasteiger partial charge is 0.313 e.